The van der Waals surface area contributed by atoms with Crippen LogP contribution in [0.1, 0.15) is 63.5 Å². The third-order valence-electron chi connectivity index (χ3n) is 11.4. The second-order valence-corrected chi connectivity index (χ2v) is 20.3. The number of likely N-dealkylation sites (tertiary alicyclic amines) is 1. The van der Waals surface area contributed by atoms with Crippen LogP contribution in [0.25, 0.3) is 0 Å². The first-order chi connectivity index (χ1) is 34.1. The lowest BCUT2D eigenvalue weighted by molar-refractivity contribution is -0.142. The highest BCUT2D eigenvalue weighted by Crippen LogP contribution is 2.26. The number of rotatable bonds is 17. The Balaban J connectivity index is 1.72. The van der Waals surface area contributed by atoms with Crippen molar-refractivity contribution < 1.29 is 57.8 Å². The SMILES string of the molecule is CC(C)C[C@H](NC(=O)[C@@H]1CCCN1C(=O)C1CSSC[C@H](N)C(=O)NC(Cc2ccc(O)cc2)C(=O)N[C@@H](Cc2ccccc2)C(=O)N[C@@H](CCC(N)=O)C(=O)NC(CC(N)=O)C(=O)N1)C(=O)NCC(N)=O. The molecule has 2 aliphatic rings. The number of carbonyl (C=O) groups excluding carboxylic acids is 11. The van der Waals surface area contributed by atoms with Crippen LogP contribution >= 0.6 is 21.6 Å². The molecule has 72 heavy (non-hydrogen) atoms. The number of aromatic hydroxyl groups is 1. The van der Waals surface area contributed by atoms with E-state index in [1.165, 1.54) is 29.2 Å². The molecule has 0 bridgehead atoms. The van der Waals surface area contributed by atoms with E-state index in [1.54, 1.807) is 30.3 Å². The lowest BCUT2D eigenvalue weighted by Crippen LogP contribution is -2.61. The molecular formula is C46H64N12O12S2. The van der Waals surface area contributed by atoms with Crippen LogP contribution in [0.4, 0.5) is 0 Å². The van der Waals surface area contributed by atoms with Crippen LogP contribution in [0.2, 0.25) is 0 Å². The van der Waals surface area contributed by atoms with Gasteiger partial charge in [0.25, 0.3) is 0 Å². The van der Waals surface area contributed by atoms with Gasteiger partial charge >= 0.3 is 0 Å². The summed E-state index contributed by atoms with van der Waals surface area (Å²) in [7, 11) is 2.04. The van der Waals surface area contributed by atoms with Crippen LogP contribution in [0.3, 0.4) is 0 Å². The lowest BCUT2D eigenvalue weighted by Gasteiger charge is -2.31. The topological polar surface area (TPSA) is 400 Å². The zero-order valence-electron chi connectivity index (χ0n) is 39.9. The van der Waals surface area contributed by atoms with E-state index in [-0.39, 0.29) is 55.4 Å². The molecule has 392 valence electrons. The van der Waals surface area contributed by atoms with Crippen molar-refractivity contribution in [3.05, 3.63) is 65.7 Å². The summed E-state index contributed by atoms with van der Waals surface area (Å²) in [5.74, 6) is -10.0. The highest BCUT2D eigenvalue weighted by atomic mass is 33.1. The van der Waals surface area contributed by atoms with Gasteiger partial charge in [0.15, 0.2) is 0 Å². The quantitative estimate of drug-likeness (QED) is 0.0687. The summed E-state index contributed by atoms with van der Waals surface area (Å²) in [6, 6.07) is 3.19. The fourth-order valence-corrected chi connectivity index (χ4v) is 10.0. The van der Waals surface area contributed by atoms with Gasteiger partial charge in [0.05, 0.1) is 19.0 Å². The molecule has 2 aromatic carbocycles. The third-order valence-corrected chi connectivity index (χ3v) is 13.9. The predicted molar refractivity (Wildman–Crippen MR) is 265 cm³/mol. The van der Waals surface area contributed by atoms with E-state index in [9.17, 15) is 57.8 Å². The fourth-order valence-electron chi connectivity index (χ4n) is 7.73. The molecule has 2 heterocycles. The zero-order valence-corrected chi connectivity index (χ0v) is 41.5. The highest BCUT2D eigenvalue weighted by molar-refractivity contribution is 8.76. The van der Waals surface area contributed by atoms with Gasteiger partial charge in [-0.05, 0) is 54.9 Å². The van der Waals surface area contributed by atoms with Crippen LogP contribution in [-0.4, -0.2) is 148 Å². The second-order valence-electron chi connectivity index (χ2n) is 17.8. The predicted octanol–water partition coefficient (Wildman–Crippen LogP) is -3.41. The van der Waals surface area contributed by atoms with E-state index in [0.29, 0.717) is 17.5 Å². The summed E-state index contributed by atoms with van der Waals surface area (Å²) in [6.45, 7) is 3.20. The molecule has 2 saturated heterocycles. The number of nitrogens with one attached hydrogen (secondary N) is 7. The first kappa shape index (κ1) is 57.6. The highest BCUT2D eigenvalue weighted by Gasteiger charge is 2.41. The van der Waals surface area contributed by atoms with E-state index < -0.39 is 139 Å². The van der Waals surface area contributed by atoms with Crippen LogP contribution in [0.15, 0.2) is 54.6 Å². The maximum absolute atomic E-state index is 14.5. The van der Waals surface area contributed by atoms with Crippen LogP contribution in [-0.2, 0) is 65.6 Å². The number of phenols is 1. The van der Waals surface area contributed by atoms with Gasteiger partial charge < -0.3 is 70.2 Å². The van der Waals surface area contributed by atoms with Crippen molar-refractivity contribution in [1.82, 2.24) is 42.1 Å². The van der Waals surface area contributed by atoms with Gasteiger partial charge in [-0.3, -0.25) is 52.7 Å². The molecule has 0 aromatic heterocycles. The van der Waals surface area contributed by atoms with E-state index in [1.807, 2.05) is 13.8 Å². The van der Waals surface area contributed by atoms with Crippen LogP contribution in [0, 0.1) is 5.92 Å². The first-order valence-electron chi connectivity index (χ1n) is 23.2. The molecule has 0 aliphatic carbocycles. The largest absolute Gasteiger partial charge is 0.508 e. The average Bonchev–Trinajstić information content (AvgIpc) is 3.82. The Hall–Kier alpha value is -6.93. The number of nitrogens with zero attached hydrogens (tertiary/aromatic N) is 1. The molecule has 11 amide bonds. The normalized spacial score (nSPS) is 23.2. The molecule has 24 nitrogen and oxygen atoms in total. The summed E-state index contributed by atoms with van der Waals surface area (Å²) < 4.78 is 0. The van der Waals surface area contributed by atoms with Gasteiger partial charge in [0.1, 0.15) is 48.0 Å². The second kappa shape index (κ2) is 28.2. The Bertz CT molecular complexity index is 2290. The fraction of sp³-hybridized carbons (Fsp3) is 0.500. The molecule has 26 heteroatoms. The van der Waals surface area contributed by atoms with E-state index in [4.69, 9.17) is 22.9 Å². The number of hydrogen-bond donors (Lipinski definition) is 12. The molecule has 0 spiro atoms. The first-order valence-corrected chi connectivity index (χ1v) is 25.7. The maximum atomic E-state index is 14.5. The number of phenolic OH excluding ortho intramolecular Hbond substituents is 1. The van der Waals surface area contributed by atoms with E-state index in [2.05, 4.69) is 37.2 Å². The lowest BCUT2D eigenvalue weighted by atomic mass is 10.0. The molecule has 3 unspecified atom stereocenters. The zero-order chi connectivity index (χ0) is 53.1. The van der Waals surface area contributed by atoms with Gasteiger partial charge in [0.2, 0.25) is 65.0 Å². The molecule has 0 saturated carbocycles. The minimum Gasteiger partial charge on any atom is -0.508 e. The average molecular weight is 1040 g/mol. The molecule has 16 N–H and O–H groups in total. The van der Waals surface area contributed by atoms with Crippen molar-refractivity contribution in [2.75, 3.05) is 24.6 Å². The molecule has 8 atom stereocenters. The number of nitrogens with two attached hydrogens (primary N) is 4. The Morgan fingerprint density at radius 3 is 1.86 bits per heavy atom. The molecular weight excluding hydrogens is 977 g/mol. The van der Waals surface area contributed by atoms with Crippen molar-refractivity contribution in [2.45, 2.75) is 114 Å². The maximum Gasteiger partial charge on any atom is 0.246 e. The third kappa shape index (κ3) is 18.7. The van der Waals surface area contributed by atoms with Crippen molar-refractivity contribution in [2.24, 2.45) is 28.9 Å². The molecule has 2 fully saturated rings. The Labute approximate surface area is 423 Å². The standard InChI is InChI=1S/C46H64N12O12S2/c1-24(2)17-30(40(64)51-21-38(50)62)56-45(69)35-9-6-16-58(35)46(70)34-23-72-71-22-28(47)39(63)53-31(19-26-10-12-27(59)13-11-26)43(67)54-32(18-25-7-4-3-5-8-25)42(66)52-29(14-15-36(48)60)41(65)55-33(20-37(49)61)44(68)57-34/h3-5,7-8,10-13,24,28-35,59H,6,9,14-23,47H2,1-2H3,(H2,48,60)(H2,49,61)(H2,50,62)(H,51,64)(H,52,66)(H,53,63)(H,54,67)(H,55,65)(H,56,69)(H,57,68)/t28-,29-,30-,31?,32-,33?,34?,35-/m0/s1. The smallest absolute Gasteiger partial charge is 0.246 e. The van der Waals surface area contributed by atoms with E-state index in [0.717, 1.165) is 21.6 Å². The van der Waals surface area contributed by atoms with Gasteiger partial charge in [0, 0.05) is 37.3 Å². The summed E-state index contributed by atoms with van der Waals surface area (Å²) in [6.07, 6.45) is -1.26. The number of amides is 11. The molecule has 2 aromatic rings. The van der Waals surface area contributed by atoms with Gasteiger partial charge in [-0.2, -0.15) is 0 Å². The monoisotopic (exact) mass is 1040 g/mol. The van der Waals surface area contributed by atoms with Crippen molar-refractivity contribution in [3.8, 4) is 5.75 Å². The number of carbonyl (C=O) groups is 11. The van der Waals surface area contributed by atoms with Gasteiger partial charge in [-0.15, -0.1) is 0 Å². The van der Waals surface area contributed by atoms with Crippen LogP contribution < -0.4 is 60.2 Å². The number of primary amides is 3. The summed E-state index contributed by atoms with van der Waals surface area (Å²) >= 11 is 0. The molecule has 2 aliphatic heterocycles. The van der Waals surface area contributed by atoms with Gasteiger partial charge in [-0.1, -0.05) is 77.9 Å². The summed E-state index contributed by atoms with van der Waals surface area (Å²) in [5.41, 5.74) is 23.6. The Morgan fingerprint density at radius 2 is 1.26 bits per heavy atom. The van der Waals surface area contributed by atoms with Crippen molar-refractivity contribution in [1.29, 1.82) is 0 Å². The Morgan fingerprint density at radius 1 is 0.708 bits per heavy atom. The Kier molecular flexibility index (Phi) is 22.6. The minimum absolute atomic E-state index is 0.0434. The van der Waals surface area contributed by atoms with Crippen molar-refractivity contribution >= 4 is 86.6 Å². The van der Waals surface area contributed by atoms with Crippen molar-refractivity contribution in [3.63, 3.8) is 0 Å². The van der Waals surface area contributed by atoms with Crippen LogP contribution in [0.5, 0.6) is 5.75 Å². The molecule has 0 radical (unpaired) electrons. The number of benzene rings is 2. The number of hydrogen-bond acceptors (Lipinski definition) is 15. The van der Waals surface area contributed by atoms with E-state index >= 15 is 0 Å². The van der Waals surface area contributed by atoms with Gasteiger partial charge in [-0.25, -0.2) is 0 Å². The summed E-state index contributed by atoms with van der Waals surface area (Å²) in [5, 5.41) is 27.8. The summed E-state index contributed by atoms with van der Waals surface area (Å²) in [4.78, 5) is 149. The minimum atomic E-state index is -1.77. The molecule has 4 rings (SSSR count).